The zero-order valence-corrected chi connectivity index (χ0v) is 11.5. The summed E-state index contributed by atoms with van der Waals surface area (Å²) in [5, 5.41) is 11.2. The van der Waals surface area contributed by atoms with E-state index in [1.54, 1.807) is 19.0 Å². The van der Waals surface area contributed by atoms with E-state index >= 15 is 0 Å². The fourth-order valence-electron chi connectivity index (χ4n) is 2.04. The Hall–Kier alpha value is -1.79. The van der Waals surface area contributed by atoms with Crippen LogP contribution in [-0.2, 0) is 9.59 Å². The topological polar surface area (TPSA) is 90.0 Å². The van der Waals surface area contributed by atoms with Crippen LogP contribution in [0.1, 0.15) is 19.8 Å². The van der Waals surface area contributed by atoms with Crippen LogP contribution in [0.5, 0.6) is 0 Å². The fraction of sp³-hybridized carbons (Fsp3) is 0.750. The van der Waals surface area contributed by atoms with Crippen molar-refractivity contribution in [1.82, 2.24) is 15.1 Å². The maximum Gasteiger partial charge on any atom is 0.325 e. The van der Waals surface area contributed by atoms with E-state index in [9.17, 15) is 14.4 Å². The molecule has 1 fully saturated rings. The smallest absolute Gasteiger partial charge is 0.325 e. The van der Waals surface area contributed by atoms with Crippen LogP contribution in [0.25, 0.3) is 0 Å². The Kier molecular flexibility index (Phi) is 5.14. The third-order valence-electron chi connectivity index (χ3n) is 3.17. The van der Waals surface area contributed by atoms with E-state index in [2.05, 4.69) is 5.32 Å². The lowest BCUT2D eigenvalue weighted by molar-refractivity contribution is -0.142. The van der Waals surface area contributed by atoms with Gasteiger partial charge in [-0.3, -0.25) is 9.59 Å². The van der Waals surface area contributed by atoms with Gasteiger partial charge in [-0.1, -0.05) is 0 Å². The Labute approximate surface area is 112 Å². The van der Waals surface area contributed by atoms with Crippen molar-refractivity contribution in [1.29, 1.82) is 0 Å². The van der Waals surface area contributed by atoms with Gasteiger partial charge in [-0.15, -0.1) is 0 Å². The summed E-state index contributed by atoms with van der Waals surface area (Å²) in [5.41, 5.74) is 0. The highest BCUT2D eigenvalue weighted by molar-refractivity contribution is 5.85. The first-order chi connectivity index (χ1) is 8.82. The number of nitrogens with one attached hydrogen (secondary N) is 1. The normalized spacial score (nSPS) is 20.6. The summed E-state index contributed by atoms with van der Waals surface area (Å²) in [6.45, 7) is 2.40. The Morgan fingerprint density at radius 1 is 1.37 bits per heavy atom. The number of amides is 3. The average molecular weight is 271 g/mol. The first-order valence-corrected chi connectivity index (χ1v) is 6.32. The second-order valence-electron chi connectivity index (χ2n) is 5.03. The third-order valence-corrected chi connectivity index (χ3v) is 3.17. The highest BCUT2D eigenvalue weighted by Crippen LogP contribution is 2.17. The maximum absolute atomic E-state index is 11.9. The molecule has 1 heterocycles. The number of piperidine rings is 1. The van der Waals surface area contributed by atoms with Gasteiger partial charge in [0.25, 0.3) is 0 Å². The van der Waals surface area contributed by atoms with E-state index in [1.165, 1.54) is 11.8 Å². The van der Waals surface area contributed by atoms with Crippen LogP contribution in [0.3, 0.4) is 0 Å². The second kappa shape index (κ2) is 6.40. The summed E-state index contributed by atoms with van der Waals surface area (Å²) < 4.78 is 0. The van der Waals surface area contributed by atoms with Crippen LogP contribution in [0.15, 0.2) is 0 Å². The largest absolute Gasteiger partial charge is 0.480 e. The summed E-state index contributed by atoms with van der Waals surface area (Å²) in [6, 6.07) is -1.03. The molecule has 0 aromatic heterocycles. The quantitative estimate of drug-likeness (QED) is 0.754. The van der Waals surface area contributed by atoms with Gasteiger partial charge in [0.15, 0.2) is 0 Å². The molecule has 7 nitrogen and oxygen atoms in total. The fourth-order valence-corrected chi connectivity index (χ4v) is 2.04. The van der Waals surface area contributed by atoms with Gasteiger partial charge in [0.1, 0.15) is 6.04 Å². The van der Waals surface area contributed by atoms with Gasteiger partial charge < -0.3 is 20.2 Å². The summed E-state index contributed by atoms with van der Waals surface area (Å²) in [5.74, 6) is -1.70. The first-order valence-electron chi connectivity index (χ1n) is 6.32. The SMILES string of the molecule is CC(NC(=O)C1CCCN(C(=O)N(C)C)C1)C(=O)O. The molecule has 2 atom stereocenters. The molecule has 0 aromatic rings. The maximum atomic E-state index is 11.9. The van der Waals surface area contributed by atoms with Gasteiger partial charge in [-0.05, 0) is 19.8 Å². The molecule has 2 N–H and O–H groups in total. The molecule has 0 aliphatic carbocycles. The molecule has 2 unspecified atom stereocenters. The van der Waals surface area contributed by atoms with E-state index in [0.717, 1.165) is 6.42 Å². The number of nitrogens with zero attached hydrogens (tertiary/aromatic N) is 2. The van der Waals surface area contributed by atoms with Gasteiger partial charge in [-0.2, -0.15) is 0 Å². The molecule has 1 aliphatic heterocycles. The molecular weight excluding hydrogens is 250 g/mol. The minimum atomic E-state index is -1.06. The van der Waals surface area contributed by atoms with Gasteiger partial charge in [-0.25, -0.2) is 4.79 Å². The van der Waals surface area contributed by atoms with E-state index in [-0.39, 0.29) is 17.9 Å². The molecule has 7 heteroatoms. The van der Waals surface area contributed by atoms with Crippen molar-refractivity contribution in [2.45, 2.75) is 25.8 Å². The lowest BCUT2D eigenvalue weighted by Crippen LogP contribution is -2.50. The number of hydrogen-bond acceptors (Lipinski definition) is 3. The summed E-state index contributed by atoms with van der Waals surface area (Å²) in [6.07, 6.45) is 1.43. The summed E-state index contributed by atoms with van der Waals surface area (Å²) in [4.78, 5) is 37.5. The Balaban J connectivity index is 2.57. The highest BCUT2D eigenvalue weighted by Gasteiger charge is 2.30. The number of urea groups is 1. The molecule has 1 rings (SSSR count). The van der Waals surface area contributed by atoms with Crippen molar-refractivity contribution in [3.8, 4) is 0 Å². The number of carbonyl (C=O) groups is 3. The molecule has 108 valence electrons. The van der Waals surface area contributed by atoms with E-state index in [0.29, 0.717) is 19.5 Å². The van der Waals surface area contributed by atoms with Crippen LogP contribution in [-0.4, -0.2) is 66.0 Å². The van der Waals surface area contributed by atoms with Gasteiger partial charge >= 0.3 is 12.0 Å². The molecule has 1 saturated heterocycles. The summed E-state index contributed by atoms with van der Waals surface area (Å²) in [7, 11) is 3.33. The lowest BCUT2D eigenvalue weighted by Gasteiger charge is -2.33. The van der Waals surface area contributed by atoms with E-state index < -0.39 is 12.0 Å². The van der Waals surface area contributed by atoms with Gasteiger partial charge in [0, 0.05) is 27.2 Å². The number of likely N-dealkylation sites (tertiary alicyclic amines) is 1. The minimum Gasteiger partial charge on any atom is -0.480 e. The number of rotatable bonds is 3. The third kappa shape index (κ3) is 4.11. The Bertz CT molecular complexity index is 370. The number of aliphatic carboxylic acids is 1. The number of carbonyl (C=O) groups excluding carboxylic acids is 2. The number of hydrogen-bond donors (Lipinski definition) is 2. The first kappa shape index (κ1) is 15.3. The van der Waals surface area contributed by atoms with Crippen molar-refractivity contribution in [3.05, 3.63) is 0 Å². The Morgan fingerprint density at radius 3 is 2.53 bits per heavy atom. The molecule has 0 bridgehead atoms. The summed E-state index contributed by atoms with van der Waals surface area (Å²) >= 11 is 0. The standard InChI is InChI=1S/C12H21N3O4/c1-8(11(17)18)13-10(16)9-5-4-6-15(7-9)12(19)14(2)3/h8-9H,4-7H2,1-3H3,(H,13,16)(H,17,18). The molecule has 0 spiro atoms. The number of carboxylic acid groups (broad SMARTS) is 1. The van der Waals surface area contributed by atoms with E-state index in [1.807, 2.05) is 0 Å². The molecule has 0 aromatic carbocycles. The van der Waals surface area contributed by atoms with Gasteiger partial charge in [0.05, 0.1) is 5.92 Å². The van der Waals surface area contributed by atoms with E-state index in [4.69, 9.17) is 5.11 Å². The molecule has 0 radical (unpaired) electrons. The predicted octanol–water partition coefficient (Wildman–Crippen LogP) is -0.0307. The zero-order valence-electron chi connectivity index (χ0n) is 11.5. The van der Waals surface area contributed by atoms with Crippen molar-refractivity contribution in [2.75, 3.05) is 27.2 Å². The monoisotopic (exact) mass is 271 g/mol. The average Bonchev–Trinajstić information content (AvgIpc) is 2.37. The van der Waals surface area contributed by atoms with Crippen LogP contribution in [0.4, 0.5) is 4.79 Å². The minimum absolute atomic E-state index is 0.121. The van der Waals surface area contributed by atoms with Crippen LogP contribution >= 0.6 is 0 Å². The van der Waals surface area contributed by atoms with Crippen LogP contribution in [0, 0.1) is 5.92 Å². The highest BCUT2D eigenvalue weighted by atomic mass is 16.4. The number of carboxylic acids is 1. The predicted molar refractivity (Wildman–Crippen MR) is 68.6 cm³/mol. The lowest BCUT2D eigenvalue weighted by atomic mass is 9.97. The van der Waals surface area contributed by atoms with Crippen LogP contribution < -0.4 is 5.32 Å². The van der Waals surface area contributed by atoms with Crippen molar-refractivity contribution >= 4 is 17.9 Å². The molecule has 0 saturated carbocycles. The van der Waals surface area contributed by atoms with Crippen LogP contribution in [0.2, 0.25) is 0 Å². The molecule has 1 aliphatic rings. The molecule has 3 amide bonds. The molecule has 19 heavy (non-hydrogen) atoms. The second-order valence-corrected chi connectivity index (χ2v) is 5.03. The van der Waals surface area contributed by atoms with Crippen molar-refractivity contribution in [3.63, 3.8) is 0 Å². The van der Waals surface area contributed by atoms with Crippen molar-refractivity contribution in [2.24, 2.45) is 5.92 Å². The molecular formula is C12H21N3O4. The zero-order chi connectivity index (χ0) is 14.6. The van der Waals surface area contributed by atoms with Gasteiger partial charge in [0.2, 0.25) is 5.91 Å². The van der Waals surface area contributed by atoms with Crippen molar-refractivity contribution < 1.29 is 19.5 Å². The Morgan fingerprint density at radius 2 is 2.00 bits per heavy atom.